The van der Waals surface area contributed by atoms with E-state index < -0.39 is 0 Å². The quantitative estimate of drug-likeness (QED) is 0.734. The normalized spacial score (nSPS) is 12.4. The van der Waals surface area contributed by atoms with Gasteiger partial charge in [-0.2, -0.15) is 0 Å². The van der Waals surface area contributed by atoms with Gasteiger partial charge >= 0.3 is 0 Å². The van der Waals surface area contributed by atoms with E-state index in [0.29, 0.717) is 5.92 Å². The summed E-state index contributed by atoms with van der Waals surface area (Å²) < 4.78 is 12.8. The maximum Gasteiger partial charge on any atom is 0.123 e. The van der Waals surface area contributed by atoms with Crippen LogP contribution in [-0.4, -0.2) is 0 Å². The number of rotatable bonds is 4. The van der Waals surface area contributed by atoms with Gasteiger partial charge in [-0.3, -0.25) is 0 Å². The third-order valence-corrected chi connectivity index (χ3v) is 2.92. The average Bonchev–Trinajstić information content (AvgIpc) is 2.33. The van der Waals surface area contributed by atoms with Crippen LogP contribution in [0.5, 0.6) is 0 Å². The first-order valence-corrected chi connectivity index (χ1v) is 6.02. The average molecular weight is 228 g/mol. The van der Waals surface area contributed by atoms with Gasteiger partial charge in [0, 0.05) is 0 Å². The highest BCUT2D eigenvalue weighted by molar-refractivity contribution is 5.18. The molecule has 1 heteroatoms. The molecule has 0 N–H and O–H groups in total. The van der Waals surface area contributed by atoms with Crippen molar-refractivity contribution < 1.29 is 4.39 Å². The van der Waals surface area contributed by atoms with E-state index in [9.17, 15) is 4.39 Å². The minimum Gasteiger partial charge on any atom is -0.207 e. The van der Waals surface area contributed by atoms with Crippen molar-refractivity contribution in [1.29, 1.82) is 0 Å². The summed E-state index contributed by atoms with van der Waals surface area (Å²) in [7, 11) is 0. The van der Waals surface area contributed by atoms with Crippen LogP contribution in [0.2, 0.25) is 0 Å². The lowest BCUT2D eigenvalue weighted by Crippen LogP contribution is -2.03. The van der Waals surface area contributed by atoms with Crippen LogP contribution in [0, 0.1) is 11.7 Å². The molecule has 0 radical (unpaired) electrons. The molecule has 1 atom stereocenters. The van der Waals surface area contributed by atoms with Gasteiger partial charge in [0.1, 0.15) is 5.82 Å². The predicted octanol–water partition coefficient (Wildman–Crippen LogP) is 4.25. The molecule has 0 spiro atoms. The van der Waals surface area contributed by atoms with E-state index in [1.807, 2.05) is 18.2 Å². The summed E-state index contributed by atoms with van der Waals surface area (Å²) in [6.07, 6.45) is 2.06. The standard InChI is InChI=1S/C16H17F/c1-13(11-14-5-3-2-4-6-14)12-15-7-9-16(17)10-8-15/h2-10,13H,11-12H2,1H3. The van der Waals surface area contributed by atoms with Crippen molar-refractivity contribution in [1.82, 2.24) is 0 Å². The fraction of sp³-hybridized carbons (Fsp3) is 0.250. The van der Waals surface area contributed by atoms with Crippen molar-refractivity contribution in [2.75, 3.05) is 0 Å². The Balaban J connectivity index is 1.93. The van der Waals surface area contributed by atoms with Crippen molar-refractivity contribution in [3.63, 3.8) is 0 Å². The topological polar surface area (TPSA) is 0 Å². The molecular weight excluding hydrogens is 211 g/mol. The number of benzene rings is 2. The van der Waals surface area contributed by atoms with Gasteiger partial charge in [-0.05, 0) is 42.0 Å². The van der Waals surface area contributed by atoms with Gasteiger partial charge in [0.2, 0.25) is 0 Å². The molecule has 88 valence electrons. The van der Waals surface area contributed by atoms with Crippen LogP contribution in [0.1, 0.15) is 18.1 Å². The lowest BCUT2D eigenvalue weighted by atomic mass is 9.94. The fourth-order valence-corrected chi connectivity index (χ4v) is 2.11. The summed E-state index contributed by atoms with van der Waals surface area (Å²) in [5, 5.41) is 0. The molecule has 0 aromatic heterocycles. The summed E-state index contributed by atoms with van der Waals surface area (Å²) in [4.78, 5) is 0. The summed E-state index contributed by atoms with van der Waals surface area (Å²) in [5.41, 5.74) is 2.57. The first kappa shape index (κ1) is 11.8. The molecule has 1 unspecified atom stereocenters. The van der Waals surface area contributed by atoms with Crippen molar-refractivity contribution in [2.45, 2.75) is 19.8 Å². The molecule has 0 saturated carbocycles. The molecule has 0 aliphatic carbocycles. The zero-order chi connectivity index (χ0) is 12.1. The van der Waals surface area contributed by atoms with Gasteiger partial charge in [0.25, 0.3) is 0 Å². The smallest absolute Gasteiger partial charge is 0.123 e. The van der Waals surface area contributed by atoms with Crippen molar-refractivity contribution in [3.05, 3.63) is 71.5 Å². The molecule has 0 aliphatic rings. The molecule has 0 amide bonds. The minimum atomic E-state index is -0.163. The lowest BCUT2D eigenvalue weighted by molar-refractivity contribution is 0.575. The summed E-state index contributed by atoms with van der Waals surface area (Å²) in [5.74, 6) is 0.410. The lowest BCUT2D eigenvalue weighted by Gasteiger charge is -2.11. The fourth-order valence-electron chi connectivity index (χ4n) is 2.11. The second-order valence-corrected chi connectivity index (χ2v) is 4.63. The second-order valence-electron chi connectivity index (χ2n) is 4.63. The predicted molar refractivity (Wildman–Crippen MR) is 69.4 cm³/mol. The molecule has 0 bridgehead atoms. The third kappa shape index (κ3) is 3.70. The number of hydrogen-bond acceptors (Lipinski definition) is 0. The van der Waals surface area contributed by atoms with Crippen LogP contribution in [-0.2, 0) is 12.8 Å². The van der Waals surface area contributed by atoms with Gasteiger partial charge in [-0.25, -0.2) is 4.39 Å². The van der Waals surface area contributed by atoms with Crippen LogP contribution in [0.25, 0.3) is 0 Å². The van der Waals surface area contributed by atoms with Crippen LogP contribution in [0.3, 0.4) is 0 Å². The van der Waals surface area contributed by atoms with Crippen molar-refractivity contribution in [2.24, 2.45) is 5.92 Å². The van der Waals surface area contributed by atoms with E-state index >= 15 is 0 Å². The van der Waals surface area contributed by atoms with Crippen molar-refractivity contribution >= 4 is 0 Å². The van der Waals surface area contributed by atoms with Crippen LogP contribution in [0.15, 0.2) is 54.6 Å². The van der Waals surface area contributed by atoms with E-state index in [-0.39, 0.29) is 5.82 Å². The Morgan fingerprint density at radius 3 is 1.94 bits per heavy atom. The summed E-state index contributed by atoms with van der Waals surface area (Å²) in [6.45, 7) is 2.23. The molecule has 2 rings (SSSR count). The van der Waals surface area contributed by atoms with E-state index in [2.05, 4.69) is 31.2 Å². The molecule has 0 heterocycles. The van der Waals surface area contributed by atoms with Gasteiger partial charge in [-0.15, -0.1) is 0 Å². The number of hydrogen-bond donors (Lipinski definition) is 0. The highest BCUT2D eigenvalue weighted by Gasteiger charge is 2.05. The largest absolute Gasteiger partial charge is 0.207 e. The summed E-state index contributed by atoms with van der Waals surface area (Å²) >= 11 is 0. The number of halogens is 1. The minimum absolute atomic E-state index is 0.163. The molecule has 2 aromatic carbocycles. The second kappa shape index (κ2) is 5.62. The maximum absolute atomic E-state index is 12.8. The van der Waals surface area contributed by atoms with E-state index in [1.165, 1.54) is 23.3 Å². The maximum atomic E-state index is 12.8. The van der Waals surface area contributed by atoms with E-state index in [4.69, 9.17) is 0 Å². The van der Waals surface area contributed by atoms with Gasteiger partial charge in [0.15, 0.2) is 0 Å². The molecule has 0 saturated heterocycles. The molecule has 0 aliphatic heterocycles. The zero-order valence-electron chi connectivity index (χ0n) is 10.1. The monoisotopic (exact) mass is 228 g/mol. The Kier molecular flexibility index (Phi) is 3.92. The molecular formula is C16H17F. The first-order valence-electron chi connectivity index (χ1n) is 6.02. The Hall–Kier alpha value is -1.63. The third-order valence-electron chi connectivity index (χ3n) is 2.92. The SMILES string of the molecule is CC(Cc1ccccc1)Cc1ccc(F)cc1. The summed E-state index contributed by atoms with van der Waals surface area (Å²) in [6, 6.07) is 17.3. The Bertz CT molecular complexity index is 445. The van der Waals surface area contributed by atoms with E-state index in [0.717, 1.165) is 12.8 Å². The molecule has 0 fully saturated rings. The molecule has 17 heavy (non-hydrogen) atoms. The van der Waals surface area contributed by atoms with Crippen LogP contribution >= 0.6 is 0 Å². The Morgan fingerprint density at radius 2 is 1.35 bits per heavy atom. The molecule has 2 aromatic rings. The van der Waals surface area contributed by atoms with Gasteiger partial charge < -0.3 is 0 Å². The first-order chi connectivity index (χ1) is 8.24. The Labute approximate surface area is 102 Å². The van der Waals surface area contributed by atoms with Crippen LogP contribution in [0.4, 0.5) is 4.39 Å². The Morgan fingerprint density at radius 1 is 0.824 bits per heavy atom. The van der Waals surface area contributed by atoms with Crippen molar-refractivity contribution in [3.8, 4) is 0 Å². The zero-order valence-corrected chi connectivity index (χ0v) is 10.1. The highest BCUT2D eigenvalue weighted by atomic mass is 19.1. The van der Waals surface area contributed by atoms with Crippen LogP contribution < -0.4 is 0 Å². The molecule has 0 nitrogen and oxygen atoms in total. The highest BCUT2D eigenvalue weighted by Crippen LogP contribution is 2.14. The van der Waals surface area contributed by atoms with Gasteiger partial charge in [-0.1, -0.05) is 49.4 Å². The van der Waals surface area contributed by atoms with Gasteiger partial charge in [0.05, 0.1) is 0 Å². The van der Waals surface area contributed by atoms with E-state index in [1.54, 1.807) is 0 Å².